The molecule has 0 saturated heterocycles. The first-order valence-electron chi connectivity index (χ1n) is 13.7. The first-order chi connectivity index (χ1) is 14.7. The summed E-state index contributed by atoms with van der Waals surface area (Å²) in [6.45, 7) is 17.4. The highest BCUT2D eigenvalue weighted by Crippen LogP contribution is 2.75. The molecule has 0 spiro atoms. The Morgan fingerprint density at radius 2 is 1.56 bits per heavy atom. The molecule has 4 fully saturated rings. The highest BCUT2D eigenvalue weighted by atomic mass is 16.4. The van der Waals surface area contributed by atoms with E-state index < -0.39 is 11.4 Å². The van der Waals surface area contributed by atoms with Gasteiger partial charge in [-0.1, -0.05) is 59.6 Å². The number of carboxylic acids is 1. The standard InChI is InChI=1S/C30H48O2/c1-25(2)15-16-26(3)17-18-29(6)20(21(26)19-25)9-10-23-27(4)12-8-13-28(5,24(31)32)22(27)11-14-30(23,29)7/h9,21-23H,8,10-19H2,1-7H3,(H,31,32)/t21-,22+,23+,26+,27-,28-,29+,30+/m0/s1. The molecule has 32 heavy (non-hydrogen) atoms. The molecule has 180 valence electrons. The highest BCUT2D eigenvalue weighted by molar-refractivity contribution is 5.75. The predicted octanol–water partition coefficient (Wildman–Crippen LogP) is 8.26. The minimum atomic E-state index is -0.548. The van der Waals surface area contributed by atoms with E-state index in [0.29, 0.717) is 28.1 Å². The topological polar surface area (TPSA) is 37.3 Å². The molecular formula is C30H48O2. The third kappa shape index (κ3) is 2.73. The predicted molar refractivity (Wildman–Crippen MR) is 131 cm³/mol. The van der Waals surface area contributed by atoms with Gasteiger partial charge in [-0.2, -0.15) is 0 Å². The molecule has 0 unspecified atom stereocenters. The lowest BCUT2D eigenvalue weighted by molar-refractivity contribution is -0.195. The van der Waals surface area contributed by atoms with E-state index in [-0.39, 0.29) is 10.8 Å². The van der Waals surface area contributed by atoms with E-state index in [1.165, 1.54) is 51.4 Å². The summed E-state index contributed by atoms with van der Waals surface area (Å²) < 4.78 is 0. The Labute approximate surface area is 197 Å². The molecule has 0 heterocycles. The smallest absolute Gasteiger partial charge is 0.309 e. The van der Waals surface area contributed by atoms with Gasteiger partial charge in [0.05, 0.1) is 5.41 Å². The van der Waals surface area contributed by atoms with Crippen molar-refractivity contribution in [2.75, 3.05) is 0 Å². The lowest BCUT2D eigenvalue weighted by Gasteiger charge is -2.70. The molecular weight excluding hydrogens is 392 g/mol. The number of aliphatic carboxylic acids is 1. The second-order valence-corrected chi connectivity index (χ2v) is 14.9. The summed E-state index contributed by atoms with van der Waals surface area (Å²) in [4.78, 5) is 12.4. The zero-order valence-electron chi connectivity index (χ0n) is 21.9. The molecule has 0 amide bonds. The van der Waals surface area contributed by atoms with Gasteiger partial charge in [0, 0.05) is 0 Å². The molecule has 0 aromatic rings. The van der Waals surface area contributed by atoms with Crippen molar-refractivity contribution in [2.24, 2.45) is 50.2 Å². The number of fused-ring (bicyclic) bond motifs is 7. The summed E-state index contributed by atoms with van der Waals surface area (Å²) in [5.74, 6) is 1.12. The van der Waals surface area contributed by atoms with Crippen molar-refractivity contribution in [3.05, 3.63) is 11.6 Å². The molecule has 5 rings (SSSR count). The van der Waals surface area contributed by atoms with Crippen LogP contribution in [0.2, 0.25) is 0 Å². The Bertz CT molecular complexity index is 855. The fourth-order valence-corrected chi connectivity index (χ4v) is 10.5. The summed E-state index contributed by atoms with van der Waals surface area (Å²) >= 11 is 0. The van der Waals surface area contributed by atoms with Gasteiger partial charge in [0.2, 0.25) is 0 Å². The molecule has 5 aliphatic carbocycles. The SMILES string of the molecule is CC1(C)CC[C@]2(C)CC[C@]3(C)C(=CC[C@@H]4[C@@]5(C)CCC[C@](C)(C(=O)O)[C@@H]5CC[C@]43C)[C@@H]2C1. The first kappa shape index (κ1) is 23.0. The molecule has 0 aliphatic heterocycles. The van der Waals surface area contributed by atoms with Crippen molar-refractivity contribution in [1.82, 2.24) is 0 Å². The minimum absolute atomic E-state index is 0.149. The van der Waals surface area contributed by atoms with Crippen LogP contribution in [0, 0.1) is 50.2 Å². The van der Waals surface area contributed by atoms with Crippen LogP contribution in [0.3, 0.4) is 0 Å². The van der Waals surface area contributed by atoms with Gasteiger partial charge in [-0.25, -0.2) is 0 Å². The van der Waals surface area contributed by atoms with E-state index in [1.807, 2.05) is 5.57 Å². The average Bonchev–Trinajstić information content (AvgIpc) is 2.69. The first-order valence-corrected chi connectivity index (χ1v) is 13.7. The fourth-order valence-electron chi connectivity index (χ4n) is 10.5. The Morgan fingerprint density at radius 1 is 0.875 bits per heavy atom. The number of hydrogen-bond donors (Lipinski definition) is 1. The van der Waals surface area contributed by atoms with Gasteiger partial charge in [-0.3, -0.25) is 4.79 Å². The van der Waals surface area contributed by atoms with Gasteiger partial charge < -0.3 is 5.11 Å². The van der Waals surface area contributed by atoms with Gasteiger partial charge in [0.25, 0.3) is 0 Å². The van der Waals surface area contributed by atoms with Crippen molar-refractivity contribution >= 4 is 5.97 Å². The fraction of sp³-hybridized carbons (Fsp3) is 0.900. The van der Waals surface area contributed by atoms with Crippen LogP contribution < -0.4 is 0 Å². The summed E-state index contributed by atoms with van der Waals surface area (Å²) in [6, 6.07) is 0. The third-order valence-electron chi connectivity index (χ3n) is 13.0. The van der Waals surface area contributed by atoms with Crippen LogP contribution >= 0.6 is 0 Å². The Morgan fingerprint density at radius 3 is 2.25 bits per heavy atom. The second-order valence-electron chi connectivity index (χ2n) is 14.9. The highest BCUT2D eigenvalue weighted by Gasteiger charge is 2.68. The Kier molecular flexibility index (Phi) is 4.78. The van der Waals surface area contributed by atoms with Crippen molar-refractivity contribution < 1.29 is 9.90 Å². The van der Waals surface area contributed by atoms with Gasteiger partial charge >= 0.3 is 5.97 Å². The number of hydrogen-bond acceptors (Lipinski definition) is 1. The van der Waals surface area contributed by atoms with Gasteiger partial charge in [-0.15, -0.1) is 0 Å². The zero-order valence-corrected chi connectivity index (χ0v) is 21.9. The maximum atomic E-state index is 12.4. The molecule has 2 heteroatoms. The van der Waals surface area contributed by atoms with E-state index in [1.54, 1.807) is 0 Å². The molecule has 5 aliphatic rings. The maximum Gasteiger partial charge on any atom is 0.309 e. The second kappa shape index (κ2) is 6.66. The van der Waals surface area contributed by atoms with Gasteiger partial charge in [0.1, 0.15) is 0 Å². The molecule has 0 aromatic heterocycles. The van der Waals surface area contributed by atoms with Crippen molar-refractivity contribution in [2.45, 2.75) is 119 Å². The third-order valence-corrected chi connectivity index (χ3v) is 13.0. The van der Waals surface area contributed by atoms with Crippen LogP contribution in [-0.2, 0) is 4.79 Å². The largest absolute Gasteiger partial charge is 0.481 e. The monoisotopic (exact) mass is 440 g/mol. The van der Waals surface area contributed by atoms with E-state index in [9.17, 15) is 9.90 Å². The number of rotatable bonds is 1. The number of carbonyl (C=O) groups is 1. The molecule has 0 aromatic carbocycles. The maximum absolute atomic E-state index is 12.4. The molecule has 0 radical (unpaired) electrons. The normalized spacial score (nSPS) is 54.3. The van der Waals surface area contributed by atoms with E-state index >= 15 is 0 Å². The molecule has 0 bridgehead atoms. The molecule has 4 saturated carbocycles. The number of carboxylic acid groups (broad SMARTS) is 1. The van der Waals surface area contributed by atoms with Crippen LogP contribution in [0.5, 0.6) is 0 Å². The zero-order chi connectivity index (χ0) is 23.4. The molecule has 1 N–H and O–H groups in total. The summed E-state index contributed by atoms with van der Waals surface area (Å²) in [5, 5.41) is 10.2. The Balaban J connectivity index is 1.58. The van der Waals surface area contributed by atoms with Crippen molar-refractivity contribution in [3.63, 3.8) is 0 Å². The summed E-state index contributed by atoms with van der Waals surface area (Å²) in [6.07, 6.45) is 16.2. The van der Waals surface area contributed by atoms with Crippen LogP contribution in [0.1, 0.15) is 119 Å². The lowest BCUT2D eigenvalue weighted by atomic mass is 9.33. The lowest BCUT2D eigenvalue weighted by Crippen LogP contribution is -2.64. The van der Waals surface area contributed by atoms with Gasteiger partial charge in [-0.05, 0) is 116 Å². The quantitative estimate of drug-likeness (QED) is 0.417. The van der Waals surface area contributed by atoms with Crippen molar-refractivity contribution in [3.8, 4) is 0 Å². The Hall–Kier alpha value is -0.790. The molecule has 8 atom stereocenters. The van der Waals surface area contributed by atoms with Crippen LogP contribution in [0.4, 0.5) is 0 Å². The summed E-state index contributed by atoms with van der Waals surface area (Å²) in [7, 11) is 0. The van der Waals surface area contributed by atoms with Gasteiger partial charge in [0.15, 0.2) is 0 Å². The van der Waals surface area contributed by atoms with Crippen molar-refractivity contribution in [1.29, 1.82) is 0 Å². The van der Waals surface area contributed by atoms with Crippen LogP contribution in [0.15, 0.2) is 11.6 Å². The van der Waals surface area contributed by atoms with Crippen LogP contribution in [-0.4, -0.2) is 11.1 Å². The van der Waals surface area contributed by atoms with Crippen LogP contribution in [0.25, 0.3) is 0 Å². The molecule has 2 nitrogen and oxygen atoms in total. The van der Waals surface area contributed by atoms with E-state index in [4.69, 9.17) is 0 Å². The average molecular weight is 441 g/mol. The van der Waals surface area contributed by atoms with E-state index in [0.717, 1.165) is 25.2 Å². The minimum Gasteiger partial charge on any atom is -0.481 e. The number of allylic oxidation sites excluding steroid dienone is 2. The van der Waals surface area contributed by atoms with E-state index in [2.05, 4.69) is 54.5 Å². The summed E-state index contributed by atoms with van der Waals surface area (Å²) in [5.41, 5.74) is 2.93.